The minimum Gasteiger partial charge on any atom is -0.491 e. The fourth-order valence-corrected chi connectivity index (χ4v) is 3.30. The number of rotatable bonds is 6. The van der Waals surface area contributed by atoms with Crippen LogP contribution in [0.15, 0.2) is 48.6 Å². The third-order valence-electron chi connectivity index (χ3n) is 4.16. The molecule has 1 N–H and O–H groups in total. The molecule has 5 nitrogen and oxygen atoms in total. The molecule has 0 radical (unpaired) electrons. The van der Waals surface area contributed by atoms with Gasteiger partial charge in [0.15, 0.2) is 5.78 Å². The van der Waals surface area contributed by atoms with Crippen LogP contribution in [0.25, 0.3) is 11.1 Å². The molecule has 0 unspecified atom stereocenters. The van der Waals surface area contributed by atoms with E-state index in [0.29, 0.717) is 23.3 Å². The topological polar surface area (TPSA) is 80.7 Å². The molecule has 25 heavy (non-hydrogen) atoms. The maximum Gasteiger partial charge on any atom is 0.268 e. The quantitative estimate of drug-likeness (QED) is 0.415. The lowest BCUT2D eigenvalue weighted by Crippen LogP contribution is -2.15. The summed E-state index contributed by atoms with van der Waals surface area (Å²) in [7, 11) is -4.14. The van der Waals surface area contributed by atoms with E-state index >= 15 is 0 Å². The maximum atomic E-state index is 12.5. The zero-order chi connectivity index (χ0) is 18.2. The van der Waals surface area contributed by atoms with Crippen molar-refractivity contribution in [2.24, 2.45) is 0 Å². The van der Waals surface area contributed by atoms with Crippen LogP contribution < -0.4 is 4.74 Å². The van der Waals surface area contributed by atoms with Gasteiger partial charge in [0, 0.05) is 12.0 Å². The van der Waals surface area contributed by atoms with Crippen molar-refractivity contribution in [3.63, 3.8) is 0 Å². The van der Waals surface area contributed by atoms with Gasteiger partial charge in [-0.15, -0.1) is 0 Å². The zero-order valence-corrected chi connectivity index (χ0v) is 14.6. The minimum absolute atomic E-state index is 0.234. The molecule has 1 aliphatic rings. The summed E-state index contributed by atoms with van der Waals surface area (Å²) in [6.45, 7) is 5.07. The van der Waals surface area contributed by atoms with Gasteiger partial charge in [-0.2, -0.15) is 8.42 Å². The monoisotopic (exact) mass is 358 g/mol. The number of hydrogen-bond acceptors (Lipinski definition) is 4. The highest BCUT2D eigenvalue weighted by Gasteiger charge is 2.26. The molecule has 3 rings (SSSR count). The van der Waals surface area contributed by atoms with Crippen molar-refractivity contribution >= 4 is 15.9 Å². The molecule has 6 heteroatoms. The normalized spacial score (nSPS) is 12.4. The van der Waals surface area contributed by atoms with E-state index in [9.17, 15) is 13.2 Å². The Morgan fingerprint density at radius 1 is 1.20 bits per heavy atom. The number of fused-ring (bicyclic) bond motifs is 3. The molecule has 1 aliphatic carbocycles. The molecule has 0 amide bonds. The highest BCUT2D eigenvalue weighted by molar-refractivity contribution is 7.85. The Bertz CT molecular complexity index is 973. The molecule has 2 aromatic carbocycles. The highest BCUT2D eigenvalue weighted by atomic mass is 32.2. The summed E-state index contributed by atoms with van der Waals surface area (Å²) >= 11 is 0. The summed E-state index contributed by atoms with van der Waals surface area (Å²) in [4.78, 5) is 12.5. The van der Waals surface area contributed by atoms with E-state index in [1.807, 2.05) is 30.3 Å². The summed E-state index contributed by atoms with van der Waals surface area (Å²) in [5.41, 5.74) is 4.74. The van der Waals surface area contributed by atoms with Gasteiger partial charge in [0.1, 0.15) is 18.1 Å². The fourth-order valence-electron chi connectivity index (χ4n) is 3.01. The molecule has 130 valence electrons. The van der Waals surface area contributed by atoms with Crippen molar-refractivity contribution in [1.82, 2.24) is 0 Å². The second-order valence-corrected chi connectivity index (χ2v) is 7.62. The summed E-state index contributed by atoms with van der Waals surface area (Å²) in [5.74, 6) is -0.421. The number of benzene rings is 2. The second kappa shape index (κ2) is 6.46. The average Bonchev–Trinajstić information content (AvgIpc) is 2.92. The highest BCUT2D eigenvalue weighted by Crippen LogP contribution is 2.43. The van der Waals surface area contributed by atoms with Crippen LogP contribution in [-0.2, 0) is 16.5 Å². The molecular formula is C19H18O5S. The van der Waals surface area contributed by atoms with Crippen LogP contribution in [0.5, 0.6) is 5.75 Å². The summed E-state index contributed by atoms with van der Waals surface area (Å²) in [6.07, 6.45) is 0.601. The number of carbonyl (C=O) groups is 1. The number of Topliss-reactive ketones (excluding diaryl/α,β-unsaturated/α-hetero) is 1. The first-order valence-electron chi connectivity index (χ1n) is 7.80. The predicted octanol–water partition coefficient (Wildman–Crippen LogP) is 3.28. The van der Waals surface area contributed by atoms with Crippen molar-refractivity contribution in [3.05, 3.63) is 65.2 Å². The molecule has 0 saturated carbocycles. The number of hydrogen-bond donors (Lipinski definition) is 1. The van der Waals surface area contributed by atoms with E-state index in [1.54, 1.807) is 13.0 Å². The first kappa shape index (κ1) is 17.4. The molecule has 0 heterocycles. The van der Waals surface area contributed by atoms with Crippen molar-refractivity contribution in [2.75, 3.05) is 12.4 Å². The standard InChI is InChI=1S/C19H18O5S/c1-12(2)18(20)16-8-7-15-14-6-4-3-5-13(14)11-17(15)19(16)24-9-10-25(21,22)23/h3-8H,1,9-11H2,2H3,(H,21,22,23). The maximum absolute atomic E-state index is 12.5. The summed E-state index contributed by atoms with van der Waals surface area (Å²) in [6, 6.07) is 11.5. The van der Waals surface area contributed by atoms with E-state index in [-0.39, 0.29) is 12.4 Å². The third-order valence-corrected chi connectivity index (χ3v) is 4.84. The molecule has 0 saturated heterocycles. The van der Waals surface area contributed by atoms with Crippen LogP contribution in [0.1, 0.15) is 28.4 Å². The fraction of sp³-hybridized carbons (Fsp3) is 0.211. The van der Waals surface area contributed by atoms with E-state index in [0.717, 1.165) is 22.3 Å². The second-order valence-electron chi connectivity index (χ2n) is 6.05. The number of ether oxygens (including phenoxy) is 1. The Morgan fingerprint density at radius 2 is 1.92 bits per heavy atom. The van der Waals surface area contributed by atoms with Gasteiger partial charge in [0.25, 0.3) is 10.1 Å². The van der Waals surface area contributed by atoms with Crippen LogP contribution in [0.2, 0.25) is 0 Å². The molecule has 0 fully saturated rings. The predicted molar refractivity (Wildman–Crippen MR) is 95.7 cm³/mol. The minimum atomic E-state index is -4.14. The zero-order valence-electron chi connectivity index (χ0n) is 13.8. The van der Waals surface area contributed by atoms with Crippen molar-refractivity contribution in [1.29, 1.82) is 0 Å². The Kier molecular flexibility index (Phi) is 4.49. The smallest absolute Gasteiger partial charge is 0.268 e. The van der Waals surface area contributed by atoms with Crippen molar-refractivity contribution in [2.45, 2.75) is 13.3 Å². The first-order valence-corrected chi connectivity index (χ1v) is 9.41. The molecule has 0 bridgehead atoms. The van der Waals surface area contributed by atoms with Gasteiger partial charge < -0.3 is 4.74 Å². The lowest BCUT2D eigenvalue weighted by molar-refractivity contribution is 0.103. The largest absolute Gasteiger partial charge is 0.491 e. The van der Waals surface area contributed by atoms with Gasteiger partial charge >= 0.3 is 0 Å². The van der Waals surface area contributed by atoms with E-state index in [1.165, 1.54) is 0 Å². The number of allylic oxidation sites excluding steroid dienone is 1. The Hall–Kier alpha value is -2.44. The molecule has 0 aromatic heterocycles. The van der Waals surface area contributed by atoms with Gasteiger partial charge in [-0.25, -0.2) is 0 Å². The van der Waals surface area contributed by atoms with Crippen molar-refractivity contribution < 1.29 is 22.5 Å². The van der Waals surface area contributed by atoms with Crippen LogP contribution in [0, 0.1) is 0 Å². The van der Waals surface area contributed by atoms with Gasteiger partial charge in [-0.1, -0.05) is 36.9 Å². The number of ketones is 1. The van der Waals surface area contributed by atoms with Gasteiger partial charge in [0.05, 0.1) is 5.56 Å². The van der Waals surface area contributed by atoms with E-state index in [4.69, 9.17) is 9.29 Å². The average molecular weight is 358 g/mol. The lowest BCUT2D eigenvalue weighted by Gasteiger charge is -2.15. The molecule has 0 atom stereocenters. The Labute approximate surface area is 146 Å². The summed E-state index contributed by atoms with van der Waals surface area (Å²) in [5, 5.41) is 0. The van der Waals surface area contributed by atoms with Gasteiger partial charge in [0.2, 0.25) is 0 Å². The SMILES string of the molecule is C=C(C)C(=O)c1ccc2c(c1OCCS(=O)(=O)O)Cc1ccccc1-2. The van der Waals surface area contributed by atoms with Crippen LogP contribution in [0.4, 0.5) is 0 Å². The van der Waals surface area contributed by atoms with Gasteiger partial charge in [-0.3, -0.25) is 9.35 Å². The van der Waals surface area contributed by atoms with Crippen LogP contribution >= 0.6 is 0 Å². The van der Waals surface area contributed by atoms with Crippen molar-refractivity contribution in [3.8, 4) is 16.9 Å². The molecule has 0 spiro atoms. The van der Waals surface area contributed by atoms with Gasteiger partial charge in [-0.05, 0) is 35.3 Å². The van der Waals surface area contributed by atoms with E-state index in [2.05, 4.69) is 6.58 Å². The Morgan fingerprint density at radius 3 is 2.60 bits per heavy atom. The van der Waals surface area contributed by atoms with Crippen LogP contribution in [-0.4, -0.2) is 31.1 Å². The Balaban J connectivity index is 2.06. The van der Waals surface area contributed by atoms with E-state index < -0.39 is 15.9 Å². The molecule has 0 aliphatic heterocycles. The first-order chi connectivity index (χ1) is 11.8. The summed E-state index contributed by atoms with van der Waals surface area (Å²) < 4.78 is 36.5. The third kappa shape index (κ3) is 3.50. The van der Waals surface area contributed by atoms with Crippen LogP contribution in [0.3, 0.4) is 0 Å². The lowest BCUT2D eigenvalue weighted by atomic mass is 9.97. The number of carbonyl (C=O) groups excluding carboxylic acids is 1. The molecular weight excluding hydrogens is 340 g/mol. The molecule has 2 aromatic rings.